The lowest BCUT2D eigenvalue weighted by molar-refractivity contribution is -0.384. The minimum Gasteiger partial charge on any atom is -0.497 e. The Hall–Kier alpha value is -2.40. The van der Waals surface area contributed by atoms with Gasteiger partial charge in [0.25, 0.3) is 5.69 Å². The highest BCUT2D eigenvalue weighted by atomic mass is 16.6. The highest BCUT2D eigenvalue weighted by molar-refractivity contribution is 5.41. The first-order chi connectivity index (χ1) is 10.0. The van der Waals surface area contributed by atoms with Crippen molar-refractivity contribution in [2.45, 2.75) is 19.4 Å². The van der Waals surface area contributed by atoms with Crippen LogP contribution in [0.2, 0.25) is 0 Å². The van der Waals surface area contributed by atoms with E-state index in [1.165, 1.54) is 6.07 Å². The van der Waals surface area contributed by atoms with Crippen LogP contribution in [-0.2, 0) is 6.42 Å². The van der Waals surface area contributed by atoms with Crippen LogP contribution in [0, 0.1) is 17.0 Å². The van der Waals surface area contributed by atoms with Crippen LogP contribution < -0.4 is 10.5 Å². The van der Waals surface area contributed by atoms with Gasteiger partial charge < -0.3 is 10.5 Å². The maximum Gasteiger partial charge on any atom is 0.269 e. The molecule has 0 aliphatic carbocycles. The number of ether oxygens (including phenoxy) is 1. The Balaban J connectivity index is 2.20. The fraction of sp³-hybridized carbons (Fsp3) is 0.250. The summed E-state index contributed by atoms with van der Waals surface area (Å²) in [4.78, 5) is 10.5. The van der Waals surface area contributed by atoms with Gasteiger partial charge in [-0.05, 0) is 42.2 Å². The van der Waals surface area contributed by atoms with E-state index in [-0.39, 0.29) is 11.7 Å². The highest BCUT2D eigenvalue weighted by Crippen LogP contribution is 2.25. The van der Waals surface area contributed by atoms with Crippen LogP contribution >= 0.6 is 0 Å². The van der Waals surface area contributed by atoms with Crippen LogP contribution in [0.4, 0.5) is 5.69 Å². The number of aryl methyl sites for hydroxylation is 1. The minimum absolute atomic E-state index is 0.0702. The van der Waals surface area contributed by atoms with Gasteiger partial charge in [0, 0.05) is 18.2 Å². The molecule has 0 amide bonds. The molecule has 0 saturated heterocycles. The van der Waals surface area contributed by atoms with Gasteiger partial charge in [0.05, 0.1) is 12.0 Å². The maximum atomic E-state index is 10.9. The number of nitro groups is 1. The van der Waals surface area contributed by atoms with Gasteiger partial charge in [-0.3, -0.25) is 10.1 Å². The number of nitro benzene ring substituents is 1. The molecule has 1 unspecified atom stereocenters. The van der Waals surface area contributed by atoms with Gasteiger partial charge in [0.15, 0.2) is 0 Å². The molecule has 2 rings (SSSR count). The Morgan fingerprint density at radius 3 is 2.48 bits per heavy atom. The molecule has 0 aliphatic rings. The average molecular weight is 286 g/mol. The van der Waals surface area contributed by atoms with E-state index in [9.17, 15) is 10.1 Å². The monoisotopic (exact) mass is 286 g/mol. The summed E-state index contributed by atoms with van der Waals surface area (Å²) in [6.07, 6.45) is 0.617. The number of methoxy groups -OCH3 is 1. The number of rotatable bonds is 5. The molecule has 2 N–H and O–H groups in total. The first-order valence-corrected chi connectivity index (χ1v) is 6.64. The Morgan fingerprint density at radius 2 is 1.90 bits per heavy atom. The summed E-state index contributed by atoms with van der Waals surface area (Å²) in [5.74, 6) is 0.791. The lowest BCUT2D eigenvalue weighted by atomic mass is 9.95. The zero-order valence-electron chi connectivity index (χ0n) is 12.1. The molecule has 0 heterocycles. The highest BCUT2D eigenvalue weighted by Gasteiger charge is 2.14. The van der Waals surface area contributed by atoms with Crippen molar-refractivity contribution in [3.05, 3.63) is 69.3 Å². The van der Waals surface area contributed by atoms with Crippen molar-refractivity contribution in [2.75, 3.05) is 7.11 Å². The lowest BCUT2D eigenvalue weighted by Gasteiger charge is -2.15. The zero-order chi connectivity index (χ0) is 15.4. The smallest absolute Gasteiger partial charge is 0.269 e. The maximum absolute atomic E-state index is 10.9. The molecular weight excluding hydrogens is 268 g/mol. The number of hydrogen-bond donors (Lipinski definition) is 1. The topological polar surface area (TPSA) is 78.4 Å². The molecule has 2 aromatic carbocycles. The second-order valence-corrected chi connectivity index (χ2v) is 4.96. The van der Waals surface area contributed by atoms with Gasteiger partial charge in [-0.2, -0.15) is 0 Å². The normalized spacial score (nSPS) is 12.0. The van der Waals surface area contributed by atoms with Gasteiger partial charge >= 0.3 is 0 Å². The van der Waals surface area contributed by atoms with E-state index in [2.05, 4.69) is 0 Å². The van der Waals surface area contributed by atoms with Crippen molar-refractivity contribution in [3.8, 4) is 5.75 Å². The molecule has 0 fully saturated rings. The Kier molecular flexibility index (Phi) is 4.55. The number of nitrogens with zero attached hydrogens (tertiary/aromatic N) is 1. The minimum atomic E-state index is -0.400. The van der Waals surface area contributed by atoms with E-state index in [1.54, 1.807) is 19.2 Å². The third-order valence-electron chi connectivity index (χ3n) is 3.49. The van der Waals surface area contributed by atoms with E-state index in [4.69, 9.17) is 10.5 Å². The number of nitrogens with two attached hydrogens (primary N) is 1. The van der Waals surface area contributed by atoms with Gasteiger partial charge in [-0.1, -0.05) is 18.2 Å². The molecule has 5 heteroatoms. The van der Waals surface area contributed by atoms with E-state index in [0.29, 0.717) is 6.42 Å². The lowest BCUT2D eigenvalue weighted by Crippen LogP contribution is -2.15. The summed E-state index contributed by atoms with van der Waals surface area (Å²) >= 11 is 0. The summed E-state index contributed by atoms with van der Waals surface area (Å²) < 4.78 is 5.11. The van der Waals surface area contributed by atoms with Crippen molar-refractivity contribution in [1.82, 2.24) is 0 Å². The molecule has 0 aromatic heterocycles. The summed E-state index contributed by atoms with van der Waals surface area (Å²) in [5.41, 5.74) is 9.11. The molecule has 0 spiro atoms. The predicted molar refractivity (Wildman–Crippen MR) is 81.5 cm³/mol. The van der Waals surface area contributed by atoms with Crippen molar-refractivity contribution in [3.63, 3.8) is 0 Å². The fourth-order valence-electron chi connectivity index (χ4n) is 2.27. The van der Waals surface area contributed by atoms with Gasteiger partial charge in [-0.15, -0.1) is 0 Å². The number of non-ortho nitro benzene ring substituents is 1. The second kappa shape index (κ2) is 6.37. The third-order valence-corrected chi connectivity index (χ3v) is 3.49. The first kappa shape index (κ1) is 15.0. The summed E-state index contributed by atoms with van der Waals surface area (Å²) in [5, 5.41) is 10.9. The predicted octanol–water partition coefficient (Wildman–Crippen LogP) is 3.15. The Bertz CT molecular complexity index is 638. The van der Waals surface area contributed by atoms with E-state index in [1.807, 2.05) is 31.2 Å². The number of benzene rings is 2. The van der Waals surface area contributed by atoms with Crippen LogP contribution in [0.25, 0.3) is 0 Å². The van der Waals surface area contributed by atoms with Gasteiger partial charge in [0.1, 0.15) is 5.75 Å². The fourth-order valence-corrected chi connectivity index (χ4v) is 2.27. The Morgan fingerprint density at radius 1 is 1.24 bits per heavy atom. The van der Waals surface area contributed by atoms with E-state index >= 15 is 0 Å². The standard InChI is InChI=1S/C16H18N2O3/c1-11-3-6-13(18(19)20)10-15(11)16(17)9-12-4-7-14(21-2)8-5-12/h3-8,10,16H,9,17H2,1-2H3. The van der Waals surface area contributed by atoms with Gasteiger partial charge in [-0.25, -0.2) is 0 Å². The van der Waals surface area contributed by atoms with Crippen LogP contribution in [-0.4, -0.2) is 12.0 Å². The molecule has 21 heavy (non-hydrogen) atoms. The molecule has 0 radical (unpaired) electrons. The molecule has 5 nitrogen and oxygen atoms in total. The molecular formula is C16H18N2O3. The SMILES string of the molecule is COc1ccc(CC(N)c2cc([N+](=O)[O-])ccc2C)cc1. The van der Waals surface area contributed by atoms with Crippen LogP contribution in [0.15, 0.2) is 42.5 Å². The van der Waals surface area contributed by atoms with Crippen LogP contribution in [0.1, 0.15) is 22.7 Å². The Labute approximate surface area is 123 Å². The summed E-state index contributed by atoms with van der Waals surface area (Å²) in [6, 6.07) is 12.2. The van der Waals surface area contributed by atoms with Crippen molar-refractivity contribution >= 4 is 5.69 Å². The van der Waals surface area contributed by atoms with Gasteiger partial charge in [0.2, 0.25) is 0 Å². The quantitative estimate of drug-likeness (QED) is 0.676. The third kappa shape index (κ3) is 3.58. The van der Waals surface area contributed by atoms with Crippen molar-refractivity contribution in [2.24, 2.45) is 5.73 Å². The van der Waals surface area contributed by atoms with Crippen molar-refractivity contribution in [1.29, 1.82) is 0 Å². The van der Waals surface area contributed by atoms with Crippen molar-refractivity contribution < 1.29 is 9.66 Å². The van der Waals surface area contributed by atoms with E-state index in [0.717, 1.165) is 22.4 Å². The van der Waals surface area contributed by atoms with Crippen LogP contribution in [0.3, 0.4) is 0 Å². The molecule has 0 saturated carbocycles. The zero-order valence-corrected chi connectivity index (χ0v) is 12.1. The summed E-state index contributed by atoms with van der Waals surface area (Å²) in [7, 11) is 1.62. The second-order valence-electron chi connectivity index (χ2n) is 4.96. The molecule has 0 bridgehead atoms. The van der Waals surface area contributed by atoms with E-state index < -0.39 is 4.92 Å². The largest absolute Gasteiger partial charge is 0.497 e. The molecule has 2 aromatic rings. The summed E-state index contributed by atoms with van der Waals surface area (Å²) in [6.45, 7) is 1.91. The van der Waals surface area contributed by atoms with Crippen LogP contribution in [0.5, 0.6) is 5.75 Å². The number of hydrogen-bond acceptors (Lipinski definition) is 4. The molecule has 0 aliphatic heterocycles. The molecule has 1 atom stereocenters. The molecule has 110 valence electrons. The average Bonchev–Trinajstić information content (AvgIpc) is 2.48. The first-order valence-electron chi connectivity index (χ1n) is 6.64.